The van der Waals surface area contributed by atoms with Gasteiger partial charge in [-0.15, -0.1) is 0 Å². The second-order valence-electron chi connectivity index (χ2n) is 3.70. The van der Waals surface area contributed by atoms with Crippen LogP contribution in [0.25, 0.3) is 0 Å². The zero-order chi connectivity index (χ0) is 10.3. The average Bonchev–Trinajstić information content (AvgIpc) is 2.15. The van der Waals surface area contributed by atoms with Gasteiger partial charge in [0.25, 0.3) is 0 Å². The van der Waals surface area contributed by atoms with Crippen LogP contribution in [0.2, 0.25) is 0 Å². The van der Waals surface area contributed by atoms with E-state index in [1.807, 2.05) is 18.9 Å². The van der Waals surface area contributed by atoms with Crippen LogP contribution in [-0.2, 0) is 4.79 Å². The van der Waals surface area contributed by atoms with Crippen molar-refractivity contribution in [3.63, 3.8) is 0 Å². The summed E-state index contributed by atoms with van der Waals surface area (Å²) in [5, 5.41) is 0. The maximum Gasteiger partial charge on any atom is 0.222 e. The van der Waals surface area contributed by atoms with Crippen molar-refractivity contribution in [1.82, 2.24) is 4.90 Å². The molecular formula is C11H23NO. The Morgan fingerprint density at radius 1 is 1.31 bits per heavy atom. The maximum absolute atomic E-state index is 11.3. The molecule has 0 aliphatic rings. The standard InChI is InChI=1S/C11H23NO/c1-5-7-8-9-10(3)12(4)11(13)6-2/h10H,5-9H2,1-4H3. The number of unbranched alkanes of at least 4 members (excludes halogenated alkanes) is 2. The van der Waals surface area contributed by atoms with E-state index in [1.54, 1.807) is 0 Å². The maximum atomic E-state index is 11.3. The molecule has 2 nitrogen and oxygen atoms in total. The summed E-state index contributed by atoms with van der Waals surface area (Å²) in [4.78, 5) is 13.2. The summed E-state index contributed by atoms with van der Waals surface area (Å²) >= 11 is 0. The van der Waals surface area contributed by atoms with Crippen LogP contribution in [0.1, 0.15) is 52.9 Å². The molecule has 0 rings (SSSR count). The first-order valence-electron chi connectivity index (χ1n) is 5.39. The van der Waals surface area contributed by atoms with Crippen molar-refractivity contribution < 1.29 is 4.79 Å². The summed E-state index contributed by atoms with van der Waals surface area (Å²) in [5.41, 5.74) is 0. The topological polar surface area (TPSA) is 20.3 Å². The van der Waals surface area contributed by atoms with Gasteiger partial charge in [0, 0.05) is 19.5 Å². The molecule has 0 bridgehead atoms. The van der Waals surface area contributed by atoms with Gasteiger partial charge in [-0.25, -0.2) is 0 Å². The van der Waals surface area contributed by atoms with Crippen molar-refractivity contribution >= 4 is 5.91 Å². The third-order valence-corrected chi connectivity index (χ3v) is 2.58. The Morgan fingerprint density at radius 3 is 2.38 bits per heavy atom. The second-order valence-corrected chi connectivity index (χ2v) is 3.70. The van der Waals surface area contributed by atoms with Gasteiger partial charge >= 0.3 is 0 Å². The van der Waals surface area contributed by atoms with Gasteiger partial charge in [0.1, 0.15) is 0 Å². The molecule has 78 valence electrons. The van der Waals surface area contributed by atoms with Crippen molar-refractivity contribution in [3.8, 4) is 0 Å². The zero-order valence-electron chi connectivity index (χ0n) is 9.47. The van der Waals surface area contributed by atoms with E-state index in [4.69, 9.17) is 0 Å². The molecule has 0 heterocycles. The molecule has 1 amide bonds. The van der Waals surface area contributed by atoms with Gasteiger partial charge in [-0.2, -0.15) is 0 Å². The molecular weight excluding hydrogens is 162 g/mol. The molecule has 0 saturated heterocycles. The predicted molar refractivity (Wildman–Crippen MR) is 56.7 cm³/mol. The Bertz CT molecular complexity index is 145. The smallest absolute Gasteiger partial charge is 0.222 e. The number of hydrogen-bond donors (Lipinski definition) is 0. The summed E-state index contributed by atoms with van der Waals surface area (Å²) in [6.07, 6.45) is 5.51. The average molecular weight is 185 g/mol. The van der Waals surface area contributed by atoms with Crippen LogP contribution in [0.4, 0.5) is 0 Å². The predicted octanol–water partition coefficient (Wildman–Crippen LogP) is 2.82. The second kappa shape index (κ2) is 6.93. The first-order valence-corrected chi connectivity index (χ1v) is 5.39. The Labute approximate surface area is 82.3 Å². The number of hydrogen-bond acceptors (Lipinski definition) is 1. The lowest BCUT2D eigenvalue weighted by atomic mass is 10.1. The largest absolute Gasteiger partial charge is 0.343 e. The van der Waals surface area contributed by atoms with Crippen LogP contribution < -0.4 is 0 Å². The SMILES string of the molecule is CCCCCC(C)N(C)C(=O)CC. The van der Waals surface area contributed by atoms with E-state index in [2.05, 4.69) is 13.8 Å². The van der Waals surface area contributed by atoms with Gasteiger partial charge in [-0.3, -0.25) is 4.79 Å². The fourth-order valence-electron chi connectivity index (χ4n) is 1.38. The quantitative estimate of drug-likeness (QED) is 0.583. The number of amides is 1. The third kappa shape index (κ3) is 4.91. The van der Waals surface area contributed by atoms with E-state index in [1.165, 1.54) is 19.3 Å². The highest BCUT2D eigenvalue weighted by Crippen LogP contribution is 2.08. The fraction of sp³-hybridized carbons (Fsp3) is 0.909. The molecule has 0 aromatic heterocycles. The molecule has 0 fully saturated rings. The van der Waals surface area contributed by atoms with Crippen LogP contribution in [0, 0.1) is 0 Å². The summed E-state index contributed by atoms with van der Waals surface area (Å²) in [6.45, 7) is 6.24. The van der Waals surface area contributed by atoms with E-state index in [0.717, 1.165) is 6.42 Å². The van der Waals surface area contributed by atoms with E-state index in [0.29, 0.717) is 12.5 Å². The van der Waals surface area contributed by atoms with E-state index < -0.39 is 0 Å². The highest BCUT2D eigenvalue weighted by atomic mass is 16.2. The molecule has 0 aromatic carbocycles. The Hall–Kier alpha value is -0.530. The van der Waals surface area contributed by atoms with Crippen LogP contribution >= 0.6 is 0 Å². The first-order chi connectivity index (χ1) is 6.13. The van der Waals surface area contributed by atoms with Gasteiger partial charge in [0.05, 0.1) is 0 Å². The first kappa shape index (κ1) is 12.5. The van der Waals surface area contributed by atoms with E-state index >= 15 is 0 Å². The van der Waals surface area contributed by atoms with Crippen LogP contribution in [0.3, 0.4) is 0 Å². The highest BCUT2D eigenvalue weighted by Gasteiger charge is 2.12. The van der Waals surface area contributed by atoms with E-state index in [9.17, 15) is 4.79 Å². The molecule has 0 aliphatic heterocycles. The van der Waals surface area contributed by atoms with Crippen molar-refractivity contribution in [2.24, 2.45) is 0 Å². The Kier molecular flexibility index (Phi) is 6.65. The summed E-state index contributed by atoms with van der Waals surface area (Å²) < 4.78 is 0. The Balaban J connectivity index is 3.68. The van der Waals surface area contributed by atoms with Gasteiger partial charge in [0.15, 0.2) is 0 Å². The summed E-state index contributed by atoms with van der Waals surface area (Å²) in [7, 11) is 1.91. The van der Waals surface area contributed by atoms with Crippen molar-refractivity contribution in [3.05, 3.63) is 0 Å². The lowest BCUT2D eigenvalue weighted by Crippen LogP contribution is -2.34. The third-order valence-electron chi connectivity index (χ3n) is 2.58. The van der Waals surface area contributed by atoms with Crippen LogP contribution in [0.15, 0.2) is 0 Å². The number of nitrogens with zero attached hydrogens (tertiary/aromatic N) is 1. The summed E-state index contributed by atoms with van der Waals surface area (Å²) in [5.74, 6) is 0.254. The normalized spacial score (nSPS) is 12.6. The Morgan fingerprint density at radius 2 is 1.92 bits per heavy atom. The van der Waals surface area contributed by atoms with Gasteiger partial charge in [-0.1, -0.05) is 33.1 Å². The van der Waals surface area contributed by atoms with Crippen molar-refractivity contribution in [2.45, 2.75) is 58.9 Å². The molecule has 0 radical (unpaired) electrons. The zero-order valence-corrected chi connectivity index (χ0v) is 9.47. The molecule has 1 unspecified atom stereocenters. The number of carbonyl (C=O) groups is 1. The molecule has 0 N–H and O–H groups in total. The lowest BCUT2D eigenvalue weighted by molar-refractivity contribution is -0.131. The molecule has 0 spiro atoms. The van der Waals surface area contributed by atoms with Crippen LogP contribution in [0.5, 0.6) is 0 Å². The van der Waals surface area contributed by atoms with Crippen molar-refractivity contribution in [2.75, 3.05) is 7.05 Å². The minimum absolute atomic E-state index is 0.254. The fourth-order valence-corrected chi connectivity index (χ4v) is 1.38. The highest BCUT2D eigenvalue weighted by molar-refractivity contribution is 5.75. The lowest BCUT2D eigenvalue weighted by Gasteiger charge is -2.24. The van der Waals surface area contributed by atoms with E-state index in [-0.39, 0.29) is 5.91 Å². The molecule has 0 aromatic rings. The number of carbonyl (C=O) groups excluding carboxylic acids is 1. The molecule has 0 saturated carbocycles. The number of rotatable bonds is 6. The van der Waals surface area contributed by atoms with Gasteiger partial charge in [0.2, 0.25) is 5.91 Å². The van der Waals surface area contributed by atoms with Gasteiger partial charge in [-0.05, 0) is 13.3 Å². The minimum Gasteiger partial charge on any atom is -0.343 e. The monoisotopic (exact) mass is 185 g/mol. The molecule has 0 aliphatic carbocycles. The molecule has 13 heavy (non-hydrogen) atoms. The summed E-state index contributed by atoms with van der Waals surface area (Å²) in [6, 6.07) is 0.402. The van der Waals surface area contributed by atoms with Crippen molar-refractivity contribution in [1.29, 1.82) is 0 Å². The van der Waals surface area contributed by atoms with Crippen LogP contribution in [-0.4, -0.2) is 23.9 Å². The molecule has 1 atom stereocenters. The van der Waals surface area contributed by atoms with Gasteiger partial charge < -0.3 is 4.90 Å². The minimum atomic E-state index is 0.254. The molecule has 2 heteroatoms.